The van der Waals surface area contributed by atoms with Crippen LogP contribution in [0, 0.1) is 11.3 Å². The van der Waals surface area contributed by atoms with E-state index in [4.69, 9.17) is 16.1 Å². The summed E-state index contributed by atoms with van der Waals surface area (Å²) in [5.74, 6) is -0.988. The molecular formula is C12H11N3O2. The third-order valence-corrected chi connectivity index (χ3v) is 1.91. The highest BCUT2D eigenvalue weighted by molar-refractivity contribution is 5.93. The molecule has 1 aromatic heterocycles. The molecule has 0 amide bonds. The molecule has 5 heteroatoms. The van der Waals surface area contributed by atoms with Crippen molar-refractivity contribution >= 4 is 11.7 Å². The van der Waals surface area contributed by atoms with Crippen molar-refractivity contribution in [1.82, 2.24) is 4.98 Å². The van der Waals surface area contributed by atoms with Crippen LogP contribution >= 0.6 is 0 Å². The quantitative estimate of drug-likeness (QED) is 0.649. The number of nitriles is 1. The number of rotatable bonds is 1. The maximum absolute atomic E-state index is 10.3. The van der Waals surface area contributed by atoms with E-state index in [1.54, 1.807) is 36.5 Å². The number of carbonyl (C=O) groups is 1. The van der Waals surface area contributed by atoms with Gasteiger partial charge in [0, 0.05) is 11.9 Å². The number of aromatic carboxylic acids is 1. The summed E-state index contributed by atoms with van der Waals surface area (Å²) in [5, 5.41) is 16.6. The summed E-state index contributed by atoms with van der Waals surface area (Å²) in [6.45, 7) is 0. The minimum absolute atomic E-state index is 0.155. The van der Waals surface area contributed by atoms with Crippen molar-refractivity contribution in [3.05, 3.63) is 53.9 Å². The number of carboxylic acids is 1. The van der Waals surface area contributed by atoms with Crippen LogP contribution in [0.2, 0.25) is 0 Å². The van der Waals surface area contributed by atoms with Crippen molar-refractivity contribution < 1.29 is 9.90 Å². The first-order valence-electron chi connectivity index (χ1n) is 4.76. The Balaban J connectivity index is 0.000000181. The third-order valence-electron chi connectivity index (χ3n) is 1.91. The standard InChI is InChI=1S/C7H7NO2.C5H4N2/c8-6-4-2-1-3-5(6)7(9)10;6-4-5-2-1-3-7-5/h1-4H,8H2,(H,9,10);1-3,7H. The van der Waals surface area contributed by atoms with Gasteiger partial charge in [-0.05, 0) is 24.3 Å². The van der Waals surface area contributed by atoms with E-state index in [0.29, 0.717) is 11.4 Å². The predicted molar refractivity (Wildman–Crippen MR) is 63.3 cm³/mol. The maximum atomic E-state index is 10.3. The Morgan fingerprint density at radius 2 is 2.00 bits per heavy atom. The van der Waals surface area contributed by atoms with E-state index in [0.717, 1.165) is 0 Å². The van der Waals surface area contributed by atoms with E-state index in [1.807, 2.05) is 6.07 Å². The minimum Gasteiger partial charge on any atom is -0.478 e. The number of H-pyrrole nitrogens is 1. The number of para-hydroxylation sites is 1. The summed E-state index contributed by atoms with van der Waals surface area (Å²) in [6.07, 6.45) is 1.72. The summed E-state index contributed by atoms with van der Waals surface area (Å²) in [5.41, 5.74) is 6.41. The van der Waals surface area contributed by atoms with Crippen molar-refractivity contribution in [1.29, 1.82) is 5.26 Å². The molecule has 1 heterocycles. The van der Waals surface area contributed by atoms with E-state index in [2.05, 4.69) is 4.98 Å². The van der Waals surface area contributed by atoms with Crippen molar-refractivity contribution in [2.24, 2.45) is 0 Å². The lowest BCUT2D eigenvalue weighted by Gasteiger charge is -1.96. The summed E-state index contributed by atoms with van der Waals surface area (Å²) >= 11 is 0. The molecule has 1 aromatic carbocycles. The Labute approximate surface area is 98.1 Å². The molecule has 0 radical (unpaired) electrons. The average Bonchev–Trinajstić information content (AvgIpc) is 2.83. The van der Waals surface area contributed by atoms with Crippen molar-refractivity contribution in [2.75, 3.05) is 5.73 Å². The molecule has 5 nitrogen and oxygen atoms in total. The number of hydrogen-bond donors (Lipinski definition) is 3. The van der Waals surface area contributed by atoms with Gasteiger partial charge >= 0.3 is 5.97 Å². The Bertz CT molecular complexity index is 527. The Morgan fingerprint density at radius 3 is 2.35 bits per heavy atom. The molecule has 0 aliphatic rings. The first-order chi connectivity index (χ1) is 8.15. The smallest absolute Gasteiger partial charge is 0.337 e. The van der Waals surface area contributed by atoms with Gasteiger partial charge in [0.25, 0.3) is 0 Å². The van der Waals surface area contributed by atoms with Gasteiger partial charge in [0.15, 0.2) is 0 Å². The molecule has 0 bridgehead atoms. The number of nitrogen functional groups attached to an aromatic ring is 1. The molecule has 4 N–H and O–H groups in total. The van der Waals surface area contributed by atoms with Crippen molar-refractivity contribution in [2.45, 2.75) is 0 Å². The van der Waals surface area contributed by atoms with Gasteiger partial charge in [-0.3, -0.25) is 0 Å². The van der Waals surface area contributed by atoms with Gasteiger partial charge in [-0.15, -0.1) is 0 Å². The molecular weight excluding hydrogens is 218 g/mol. The topological polar surface area (TPSA) is 103 Å². The number of nitrogens with two attached hydrogens (primary N) is 1. The second-order valence-corrected chi connectivity index (χ2v) is 3.09. The van der Waals surface area contributed by atoms with E-state index < -0.39 is 5.97 Å². The maximum Gasteiger partial charge on any atom is 0.337 e. The highest BCUT2D eigenvalue weighted by Crippen LogP contribution is 2.08. The zero-order valence-corrected chi connectivity index (χ0v) is 8.92. The summed E-state index contributed by atoms with van der Waals surface area (Å²) in [4.78, 5) is 13.1. The average molecular weight is 229 g/mol. The molecule has 0 atom stereocenters. The van der Waals surface area contributed by atoms with Crippen LogP contribution in [0.25, 0.3) is 0 Å². The highest BCUT2D eigenvalue weighted by Gasteiger charge is 2.03. The molecule has 17 heavy (non-hydrogen) atoms. The van der Waals surface area contributed by atoms with Crippen LogP contribution < -0.4 is 5.73 Å². The molecule has 0 aliphatic heterocycles. The molecule has 0 aliphatic carbocycles. The molecule has 2 rings (SSSR count). The van der Waals surface area contributed by atoms with Gasteiger partial charge in [0.1, 0.15) is 11.8 Å². The fourth-order valence-corrected chi connectivity index (χ4v) is 1.09. The van der Waals surface area contributed by atoms with Crippen LogP contribution in [0.1, 0.15) is 16.1 Å². The number of carboxylic acid groups (broad SMARTS) is 1. The van der Waals surface area contributed by atoms with Gasteiger partial charge in [-0.2, -0.15) is 5.26 Å². The van der Waals surface area contributed by atoms with Crippen LogP contribution in [-0.2, 0) is 0 Å². The first-order valence-corrected chi connectivity index (χ1v) is 4.76. The number of anilines is 1. The molecule has 86 valence electrons. The molecule has 0 spiro atoms. The Morgan fingerprint density at radius 1 is 1.29 bits per heavy atom. The van der Waals surface area contributed by atoms with Crippen LogP contribution in [-0.4, -0.2) is 16.1 Å². The van der Waals surface area contributed by atoms with Crippen molar-refractivity contribution in [3.8, 4) is 6.07 Å². The monoisotopic (exact) mass is 229 g/mol. The third kappa shape index (κ3) is 3.72. The van der Waals surface area contributed by atoms with Gasteiger partial charge in [-0.1, -0.05) is 12.1 Å². The second-order valence-electron chi connectivity index (χ2n) is 3.09. The van der Waals surface area contributed by atoms with Gasteiger partial charge in [0.05, 0.1) is 5.56 Å². The summed E-state index contributed by atoms with van der Waals surface area (Å²) < 4.78 is 0. The van der Waals surface area contributed by atoms with Crippen molar-refractivity contribution in [3.63, 3.8) is 0 Å². The molecule has 2 aromatic rings. The molecule has 0 fully saturated rings. The van der Waals surface area contributed by atoms with Gasteiger partial charge < -0.3 is 15.8 Å². The number of aromatic amines is 1. The van der Waals surface area contributed by atoms with Crippen LogP contribution in [0.3, 0.4) is 0 Å². The lowest BCUT2D eigenvalue weighted by molar-refractivity contribution is 0.0698. The first kappa shape index (κ1) is 12.3. The Kier molecular flexibility index (Phi) is 4.34. The van der Waals surface area contributed by atoms with E-state index in [-0.39, 0.29) is 5.56 Å². The zero-order chi connectivity index (χ0) is 12.7. The highest BCUT2D eigenvalue weighted by atomic mass is 16.4. The fraction of sp³-hybridized carbons (Fsp3) is 0. The van der Waals surface area contributed by atoms with E-state index in [1.165, 1.54) is 6.07 Å². The minimum atomic E-state index is -0.988. The summed E-state index contributed by atoms with van der Waals surface area (Å²) in [7, 11) is 0. The second kappa shape index (κ2) is 5.98. The van der Waals surface area contributed by atoms with Crippen LogP contribution in [0.5, 0.6) is 0 Å². The number of nitrogens with zero attached hydrogens (tertiary/aromatic N) is 1. The van der Waals surface area contributed by atoms with Crippen LogP contribution in [0.4, 0.5) is 5.69 Å². The summed E-state index contributed by atoms with van der Waals surface area (Å²) in [6, 6.07) is 11.8. The lowest BCUT2D eigenvalue weighted by atomic mass is 10.2. The SMILES string of the molecule is N#Cc1ccc[nH]1.Nc1ccccc1C(=O)O. The number of aromatic nitrogens is 1. The zero-order valence-electron chi connectivity index (χ0n) is 8.92. The number of hydrogen-bond acceptors (Lipinski definition) is 3. The number of benzene rings is 1. The molecule has 0 saturated heterocycles. The number of nitrogens with one attached hydrogen (secondary N) is 1. The predicted octanol–water partition coefficient (Wildman–Crippen LogP) is 1.85. The van der Waals surface area contributed by atoms with Gasteiger partial charge in [-0.25, -0.2) is 4.79 Å². The largest absolute Gasteiger partial charge is 0.478 e. The lowest BCUT2D eigenvalue weighted by Crippen LogP contribution is -2.00. The Hall–Kier alpha value is -2.74. The van der Waals surface area contributed by atoms with E-state index >= 15 is 0 Å². The van der Waals surface area contributed by atoms with Gasteiger partial charge in [0.2, 0.25) is 0 Å². The molecule has 0 saturated carbocycles. The fourth-order valence-electron chi connectivity index (χ4n) is 1.09. The normalized spacial score (nSPS) is 8.65. The molecule has 0 unspecified atom stereocenters. The van der Waals surface area contributed by atoms with Crippen LogP contribution in [0.15, 0.2) is 42.6 Å². The van der Waals surface area contributed by atoms with E-state index in [9.17, 15) is 4.79 Å².